The van der Waals surface area contributed by atoms with Crippen molar-refractivity contribution in [2.24, 2.45) is 5.92 Å². The average molecular weight is 414 g/mol. The Hall–Kier alpha value is -2.94. The third-order valence-electron chi connectivity index (χ3n) is 5.21. The summed E-state index contributed by atoms with van der Waals surface area (Å²) >= 11 is 0. The highest BCUT2D eigenvalue weighted by atomic mass is 16.6. The zero-order chi connectivity index (χ0) is 21.3. The molecule has 0 N–H and O–H groups in total. The second kappa shape index (κ2) is 8.43. The average Bonchev–Trinajstić information content (AvgIpc) is 2.93. The van der Waals surface area contributed by atoms with E-state index in [4.69, 9.17) is 18.9 Å². The first kappa shape index (κ1) is 20.3. The number of pyridine rings is 1. The molecule has 0 aromatic carbocycles. The van der Waals surface area contributed by atoms with Crippen molar-refractivity contribution in [3.8, 4) is 17.5 Å². The van der Waals surface area contributed by atoms with Crippen molar-refractivity contribution in [1.29, 1.82) is 0 Å². The zero-order valence-electron chi connectivity index (χ0n) is 17.6. The molecule has 0 aliphatic carbocycles. The van der Waals surface area contributed by atoms with Crippen molar-refractivity contribution in [3.05, 3.63) is 35.9 Å². The minimum absolute atomic E-state index is 0.0442. The number of nitrogens with zero attached hydrogens (tertiary/aromatic N) is 4. The van der Waals surface area contributed by atoms with E-state index in [0.29, 0.717) is 42.8 Å². The van der Waals surface area contributed by atoms with Gasteiger partial charge >= 0.3 is 6.09 Å². The predicted molar refractivity (Wildman–Crippen MR) is 107 cm³/mol. The highest BCUT2D eigenvalue weighted by Gasteiger charge is 2.47. The Bertz CT molecular complexity index is 908. The fourth-order valence-corrected chi connectivity index (χ4v) is 3.68. The van der Waals surface area contributed by atoms with Gasteiger partial charge in [-0.2, -0.15) is 0 Å². The maximum absolute atomic E-state index is 12.3. The highest BCUT2D eigenvalue weighted by molar-refractivity contribution is 5.68. The summed E-state index contributed by atoms with van der Waals surface area (Å²) in [7, 11) is 0. The van der Waals surface area contributed by atoms with E-state index in [0.717, 1.165) is 5.69 Å². The van der Waals surface area contributed by atoms with Crippen LogP contribution in [0.2, 0.25) is 0 Å². The number of hydrogen-bond acceptors (Lipinski definition) is 8. The number of aromatic nitrogens is 3. The quantitative estimate of drug-likeness (QED) is 0.737. The van der Waals surface area contributed by atoms with E-state index in [1.807, 2.05) is 39.8 Å². The first-order chi connectivity index (χ1) is 14.4. The van der Waals surface area contributed by atoms with Crippen LogP contribution in [0.4, 0.5) is 4.79 Å². The largest absolute Gasteiger partial charge is 0.471 e. The second-order valence-electron chi connectivity index (χ2n) is 7.85. The zero-order valence-corrected chi connectivity index (χ0v) is 17.6. The van der Waals surface area contributed by atoms with E-state index >= 15 is 0 Å². The molecule has 4 heterocycles. The van der Waals surface area contributed by atoms with Crippen LogP contribution >= 0.6 is 0 Å². The van der Waals surface area contributed by atoms with Crippen LogP contribution in [0.25, 0.3) is 0 Å². The molecule has 0 saturated carbocycles. The van der Waals surface area contributed by atoms with Gasteiger partial charge in [-0.3, -0.25) is 4.98 Å². The van der Waals surface area contributed by atoms with Crippen LogP contribution in [0.3, 0.4) is 0 Å². The number of rotatable bonds is 5. The first-order valence-corrected chi connectivity index (χ1v) is 10.1. The first-order valence-electron chi connectivity index (χ1n) is 10.1. The van der Waals surface area contributed by atoms with Gasteiger partial charge in [0.25, 0.3) is 0 Å². The molecule has 160 valence electrons. The van der Waals surface area contributed by atoms with Crippen LogP contribution in [0.15, 0.2) is 24.7 Å². The van der Waals surface area contributed by atoms with Crippen LogP contribution in [0, 0.1) is 19.8 Å². The molecule has 2 aliphatic rings. The molecule has 2 saturated heterocycles. The van der Waals surface area contributed by atoms with E-state index in [2.05, 4.69) is 15.0 Å². The van der Waals surface area contributed by atoms with Crippen molar-refractivity contribution < 1.29 is 23.7 Å². The van der Waals surface area contributed by atoms with Gasteiger partial charge in [0, 0.05) is 18.7 Å². The number of aryl methyl sites for hydroxylation is 1. The Morgan fingerprint density at radius 2 is 2.00 bits per heavy atom. The lowest BCUT2D eigenvalue weighted by Crippen LogP contribution is -2.52. The Morgan fingerprint density at radius 1 is 1.20 bits per heavy atom. The molecule has 1 unspecified atom stereocenters. The molecule has 2 aromatic rings. The third kappa shape index (κ3) is 4.16. The number of fused-ring (bicyclic) bond motifs is 2. The molecule has 30 heavy (non-hydrogen) atoms. The van der Waals surface area contributed by atoms with Gasteiger partial charge in [0.15, 0.2) is 5.75 Å². The van der Waals surface area contributed by atoms with Crippen molar-refractivity contribution in [3.63, 3.8) is 0 Å². The fraction of sp³-hybridized carbons (Fsp3) is 0.524. The van der Waals surface area contributed by atoms with Crippen molar-refractivity contribution in [2.75, 3.05) is 19.7 Å². The van der Waals surface area contributed by atoms with Crippen molar-refractivity contribution in [1.82, 2.24) is 19.9 Å². The number of hydrogen-bond donors (Lipinski definition) is 0. The summed E-state index contributed by atoms with van der Waals surface area (Å²) in [6, 6.07) is 3.65. The Morgan fingerprint density at radius 3 is 2.73 bits per heavy atom. The van der Waals surface area contributed by atoms with Gasteiger partial charge in [-0.25, -0.2) is 14.8 Å². The summed E-state index contributed by atoms with van der Waals surface area (Å²) in [6.45, 7) is 8.88. The molecule has 9 nitrogen and oxygen atoms in total. The number of piperidine rings is 1. The summed E-state index contributed by atoms with van der Waals surface area (Å²) in [5.74, 6) is 1.54. The lowest BCUT2D eigenvalue weighted by Gasteiger charge is -2.35. The minimum Gasteiger partial charge on any atom is -0.471 e. The maximum atomic E-state index is 12.3. The fourth-order valence-electron chi connectivity index (χ4n) is 3.68. The van der Waals surface area contributed by atoms with Gasteiger partial charge in [-0.1, -0.05) is 0 Å². The molecule has 4 rings (SSSR count). The molecular weight excluding hydrogens is 388 g/mol. The summed E-state index contributed by atoms with van der Waals surface area (Å²) < 4.78 is 23.4. The summed E-state index contributed by atoms with van der Waals surface area (Å²) in [5.41, 5.74) is 1.46. The van der Waals surface area contributed by atoms with E-state index in [9.17, 15) is 4.79 Å². The molecule has 2 fully saturated rings. The molecule has 2 bridgehead atoms. The number of likely N-dealkylation sites (tertiary alicyclic amines) is 1. The molecule has 3 atom stereocenters. The number of carbonyl (C=O) groups excluding carboxylic acids is 1. The van der Waals surface area contributed by atoms with Crippen molar-refractivity contribution >= 4 is 6.09 Å². The minimum atomic E-state index is -0.315. The monoisotopic (exact) mass is 414 g/mol. The van der Waals surface area contributed by atoms with Gasteiger partial charge in [0.1, 0.15) is 18.5 Å². The van der Waals surface area contributed by atoms with Crippen LogP contribution in [0.5, 0.6) is 17.5 Å². The Balaban J connectivity index is 1.47. The number of carbonyl (C=O) groups is 1. The van der Waals surface area contributed by atoms with Gasteiger partial charge in [-0.15, -0.1) is 0 Å². The van der Waals surface area contributed by atoms with Gasteiger partial charge < -0.3 is 23.8 Å². The molecule has 2 aliphatic heterocycles. The lowest BCUT2D eigenvalue weighted by atomic mass is 9.96. The van der Waals surface area contributed by atoms with E-state index < -0.39 is 0 Å². The maximum Gasteiger partial charge on any atom is 0.410 e. The van der Waals surface area contributed by atoms with Crippen LogP contribution in [0.1, 0.15) is 25.1 Å². The normalized spacial score (nSPS) is 22.8. The summed E-state index contributed by atoms with van der Waals surface area (Å²) in [6.07, 6.45) is 2.22. The molecule has 0 radical (unpaired) electrons. The Labute approximate surface area is 175 Å². The number of amides is 1. The number of ether oxygens (including phenoxy) is 4. The highest BCUT2D eigenvalue weighted by Crippen LogP contribution is 2.34. The van der Waals surface area contributed by atoms with Crippen LogP contribution in [-0.4, -0.2) is 64.0 Å². The molecule has 9 heteroatoms. The third-order valence-corrected chi connectivity index (χ3v) is 5.21. The van der Waals surface area contributed by atoms with Gasteiger partial charge in [-0.05, 0) is 39.8 Å². The van der Waals surface area contributed by atoms with E-state index in [-0.39, 0.29) is 30.3 Å². The molecule has 0 spiro atoms. The topological polar surface area (TPSA) is 95.9 Å². The second-order valence-corrected chi connectivity index (χ2v) is 7.85. The summed E-state index contributed by atoms with van der Waals surface area (Å²) in [5, 5.41) is 0. The Kier molecular flexibility index (Phi) is 5.72. The SMILES string of the molecule is Cc1ncccc1Oc1ncnc(OC2[C@H]3CO[C@@H]2CN(C(=O)OC(C)C)C3)c1C. The van der Waals surface area contributed by atoms with Gasteiger partial charge in [0.2, 0.25) is 11.8 Å². The molecule has 1 amide bonds. The van der Waals surface area contributed by atoms with Crippen molar-refractivity contribution in [2.45, 2.75) is 46.0 Å². The standard InChI is InChI=1S/C21H26N4O5/c1-12(2)28-21(26)25-8-15-10-27-17(9-25)18(15)30-20-13(3)19(23-11-24-20)29-16-6-5-7-22-14(16)4/h5-7,11-12,15,17-18H,8-10H2,1-4H3/t15-,17-,18?/m1/s1. The van der Waals surface area contributed by atoms with E-state index in [1.54, 1.807) is 11.1 Å². The summed E-state index contributed by atoms with van der Waals surface area (Å²) in [4.78, 5) is 26.7. The predicted octanol–water partition coefficient (Wildman–Crippen LogP) is 2.90. The molecular formula is C21H26N4O5. The van der Waals surface area contributed by atoms with Gasteiger partial charge in [0.05, 0.1) is 30.5 Å². The molecule has 2 aromatic heterocycles. The van der Waals surface area contributed by atoms with Crippen LogP contribution < -0.4 is 9.47 Å². The lowest BCUT2D eigenvalue weighted by molar-refractivity contribution is -0.00409. The van der Waals surface area contributed by atoms with E-state index in [1.165, 1.54) is 6.33 Å². The van der Waals surface area contributed by atoms with Crippen LogP contribution in [-0.2, 0) is 9.47 Å². The smallest absolute Gasteiger partial charge is 0.410 e.